The second-order valence-electron chi connectivity index (χ2n) is 4.40. The van der Waals surface area contributed by atoms with Crippen molar-refractivity contribution in [2.45, 2.75) is 6.92 Å². The zero-order valence-corrected chi connectivity index (χ0v) is 10.6. The number of nitrogens with two attached hydrogens (primary N) is 1. The summed E-state index contributed by atoms with van der Waals surface area (Å²) in [7, 11) is 0. The van der Waals surface area contributed by atoms with E-state index in [2.05, 4.69) is 4.98 Å². The van der Waals surface area contributed by atoms with Crippen molar-refractivity contribution in [1.29, 1.82) is 0 Å². The van der Waals surface area contributed by atoms with Gasteiger partial charge in [0.25, 0.3) is 0 Å². The van der Waals surface area contributed by atoms with Crippen LogP contribution in [0.25, 0.3) is 22.2 Å². The van der Waals surface area contributed by atoms with Crippen LogP contribution in [0.15, 0.2) is 41.2 Å². The molecule has 0 aromatic heterocycles. The Bertz CT molecular complexity index is 777. The molecular weight excluding hydrogens is 240 g/mol. The van der Waals surface area contributed by atoms with Gasteiger partial charge in [-0.3, -0.25) is 4.79 Å². The number of anilines is 1. The van der Waals surface area contributed by atoms with Gasteiger partial charge in [0.2, 0.25) is 5.43 Å². The summed E-state index contributed by atoms with van der Waals surface area (Å²) >= 11 is 0. The molecule has 0 saturated heterocycles. The number of nitrogen functional groups attached to an aromatic ring is 1. The highest BCUT2D eigenvalue weighted by molar-refractivity contribution is 5.87. The zero-order valence-electron chi connectivity index (χ0n) is 10.6. The Morgan fingerprint density at radius 3 is 2.84 bits per heavy atom. The van der Waals surface area contributed by atoms with Gasteiger partial charge in [-0.2, -0.15) is 0 Å². The first kappa shape index (κ1) is 11.6. The van der Waals surface area contributed by atoms with Gasteiger partial charge in [0.1, 0.15) is 5.75 Å². The Hall–Kier alpha value is -2.49. The normalized spacial score (nSPS) is 11.0. The molecule has 1 aliphatic carbocycles. The molecule has 0 atom stereocenters. The Labute approximate surface area is 110 Å². The molecule has 19 heavy (non-hydrogen) atoms. The molecule has 4 heteroatoms. The van der Waals surface area contributed by atoms with E-state index in [1.165, 1.54) is 0 Å². The number of hydrogen-bond donors (Lipinski definition) is 2. The van der Waals surface area contributed by atoms with Crippen molar-refractivity contribution in [3.63, 3.8) is 0 Å². The average molecular weight is 254 g/mol. The van der Waals surface area contributed by atoms with Crippen LogP contribution in [-0.4, -0.2) is 11.6 Å². The third-order valence-electron chi connectivity index (χ3n) is 3.13. The molecule has 0 unspecified atom stereocenters. The Morgan fingerprint density at radius 1 is 1.21 bits per heavy atom. The number of hydrogen-bond acceptors (Lipinski definition) is 3. The van der Waals surface area contributed by atoms with Crippen molar-refractivity contribution in [2.75, 3.05) is 12.3 Å². The summed E-state index contributed by atoms with van der Waals surface area (Å²) in [6.07, 6.45) is 0. The van der Waals surface area contributed by atoms with E-state index in [1.807, 2.05) is 37.3 Å². The lowest BCUT2D eigenvalue weighted by molar-refractivity contribution is 0.340. The van der Waals surface area contributed by atoms with E-state index >= 15 is 0 Å². The Balaban J connectivity index is 2.31. The first-order valence-electron chi connectivity index (χ1n) is 6.17. The molecule has 0 bridgehead atoms. The molecule has 1 aromatic rings. The summed E-state index contributed by atoms with van der Waals surface area (Å²) in [4.78, 5) is 15.2. The van der Waals surface area contributed by atoms with Gasteiger partial charge in [-0.15, -0.1) is 0 Å². The number of nitrogens with one attached hydrogen (secondary N) is 1. The zero-order chi connectivity index (χ0) is 13.4. The van der Waals surface area contributed by atoms with Crippen LogP contribution in [0.4, 0.5) is 5.69 Å². The molecule has 0 radical (unpaired) electrons. The van der Waals surface area contributed by atoms with E-state index in [0.29, 0.717) is 12.2 Å². The Kier molecular flexibility index (Phi) is 2.63. The van der Waals surface area contributed by atoms with Crippen LogP contribution in [0.3, 0.4) is 0 Å². The van der Waals surface area contributed by atoms with Crippen molar-refractivity contribution < 1.29 is 4.74 Å². The van der Waals surface area contributed by atoms with Gasteiger partial charge in [-0.25, -0.2) is 0 Å². The fraction of sp³-hybridized carbons (Fsp3) is 0.133. The van der Waals surface area contributed by atoms with Crippen molar-refractivity contribution in [2.24, 2.45) is 0 Å². The van der Waals surface area contributed by atoms with Gasteiger partial charge < -0.3 is 15.5 Å². The second kappa shape index (κ2) is 4.31. The molecule has 96 valence electrons. The predicted octanol–water partition coefficient (Wildman–Crippen LogP) is 2.61. The number of H-pyrrole nitrogens is 1. The van der Waals surface area contributed by atoms with E-state index in [1.54, 1.807) is 6.07 Å². The molecule has 1 heterocycles. The topological polar surface area (TPSA) is 68.1 Å². The largest absolute Gasteiger partial charge is 0.494 e. The van der Waals surface area contributed by atoms with Crippen molar-refractivity contribution >= 4 is 16.6 Å². The van der Waals surface area contributed by atoms with Gasteiger partial charge in [-0.05, 0) is 43.3 Å². The molecule has 2 aliphatic rings. The number of ether oxygens (including phenoxy) is 1. The molecular formula is C15H14N2O2. The smallest absolute Gasteiger partial charge is 0.210 e. The molecule has 4 nitrogen and oxygen atoms in total. The van der Waals surface area contributed by atoms with Crippen LogP contribution in [0, 0.1) is 0 Å². The van der Waals surface area contributed by atoms with Crippen LogP contribution in [-0.2, 0) is 0 Å². The standard InChI is InChI=1S/C15H14N2O2/c1-2-19-10-3-5-13-9(7-10)8-11-14(17-13)6-4-12(16)15(11)18/h3-8,17H,2,16H2,1H3. The van der Waals surface area contributed by atoms with E-state index in [9.17, 15) is 4.79 Å². The summed E-state index contributed by atoms with van der Waals surface area (Å²) in [6.45, 7) is 2.55. The quantitative estimate of drug-likeness (QED) is 0.545. The monoisotopic (exact) mass is 254 g/mol. The number of fused-ring (bicyclic) bond motifs is 2. The summed E-state index contributed by atoms with van der Waals surface area (Å²) in [6, 6.07) is 11.1. The molecule has 1 aromatic carbocycles. The summed E-state index contributed by atoms with van der Waals surface area (Å²) in [5.41, 5.74) is 8.12. The first-order valence-corrected chi connectivity index (χ1v) is 6.17. The van der Waals surface area contributed by atoms with E-state index in [0.717, 1.165) is 22.3 Å². The average Bonchev–Trinajstić information content (AvgIpc) is 2.42. The fourth-order valence-corrected chi connectivity index (χ4v) is 2.20. The second-order valence-corrected chi connectivity index (χ2v) is 4.40. The summed E-state index contributed by atoms with van der Waals surface area (Å²) in [5, 5.41) is 0.932. The molecule has 0 fully saturated rings. The van der Waals surface area contributed by atoms with Crippen molar-refractivity contribution in [1.82, 2.24) is 4.98 Å². The molecule has 0 amide bonds. The number of aromatic nitrogens is 1. The van der Waals surface area contributed by atoms with Gasteiger partial charge in [0.05, 0.1) is 12.3 Å². The van der Waals surface area contributed by atoms with Gasteiger partial charge in [0, 0.05) is 22.2 Å². The molecule has 1 aliphatic heterocycles. The third kappa shape index (κ3) is 1.91. The highest BCUT2D eigenvalue weighted by Crippen LogP contribution is 2.26. The maximum absolute atomic E-state index is 12.0. The summed E-state index contributed by atoms with van der Waals surface area (Å²) < 4.78 is 5.46. The maximum atomic E-state index is 12.0. The number of rotatable bonds is 2. The third-order valence-corrected chi connectivity index (χ3v) is 3.13. The first-order chi connectivity index (χ1) is 9.19. The maximum Gasteiger partial charge on any atom is 0.210 e. The minimum absolute atomic E-state index is 0.141. The molecule has 3 rings (SSSR count). The highest BCUT2D eigenvalue weighted by atomic mass is 16.5. The lowest BCUT2D eigenvalue weighted by atomic mass is 10.0. The lowest BCUT2D eigenvalue weighted by Gasteiger charge is -2.10. The minimum Gasteiger partial charge on any atom is -0.494 e. The molecule has 3 N–H and O–H groups in total. The van der Waals surface area contributed by atoms with Gasteiger partial charge in [-0.1, -0.05) is 0 Å². The van der Waals surface area contributed by atoms with E-state index in [-0.39, 0.29) is 11.1 Å². The van der Waals surface area contributed by atoms with Crippen LogP contribution in [0.1, 0.15) is 6.92 Å². The van der Waals surface area contributed by atoms with Gasteiger partial charge in [0.15, 0.2) is 0 Å². The van der Waals surface area contributed by atoms with Crippen LogP contribution >= 0.6 is 0 Å². The minimum atomic E-state index is -0.141. The van der Waals surface area contributed by atoms with Crippen LogP contribution in [0.5, 0.6) is 5.75 Å². The number of benzene rings is 2. The fourth-order valence-electron chi connectivity index (χ4n) is 2.20. The lowest BCUT2D eigenvalue weighted by Crippen LogP contribution is -2.11. The SMILES string of the molecule is CCOc1ccc2[nH]c3ccc(N)c(=O)c-3cc2c1. The van der Waals surface area contributed by atoms with Gasteiger partial charge >= 0.3 is 0 Å². The summed E-state index contributed by atoms with van der Waals surface area (Å²) in [5.74, 6) is 0.791. The Morgan fingerprint density at radius 2 is 2.05 bits per heavy atom. The van der Waals surface area contributed by atoms with Crippen molar-refractivity contribution in [3.05, 3.63) is 46.6 Å². The highest BCUT2D eigenvalue weighted by Gasteiger charge is 2.10. The van der Waals surface area contributed by atoms with Crippen LogP contribution < -0.4 is 15.9 Å². The van der Waals surface area contributed by atoms with Crippen molar-refractivity contribution in [3.8, 4) is 17.0 Å². The predicted molar refractivity (Wildman–Crippen MR) is 76.8 cm³/mol. The van der Waals surface area contributed by atoms with E-state index < -0.39 is 0 Å². The number of pyridine rings is 1. The number of aromatic amines is 1. The van der Waals surface area contributed by atoms with Crippen LogP contribution in [0.2, 0.25) is 0 Å². The van der Waals surface area contributed by atoms with E-state index in [4.69, 9.17) is 10.5 Å². The molecule has 0 spiro atoms. The molecule has 0 saturated carbocycles.